The second kappa shape index (κ2) is 6.26. The van der Waals surface area contributed by atoms with Crippen molar-refractivity contribution in [2.45, 2.75) is 38.3 Å². The van der Waals surface area contributed by atoms with Gasteiger partial charge < -0.3 is 19.8 Å². The monoisotopic (exact) mass is 265 g/mol. The zero-order chi connectivity index (χ0) is 13.8. The molecule has 4 nitrogen and oxygen atoms in total. The molecule has 2 N–H and O–H groups in total. The number of hydrogen-bond donors (Lipinski definition) is 2. The van der Waals surface area contributed by atoms with Crippen LogP contribution in [0.3, 0.4) is 0 Å². The Morgan fingerprint density at radius 3 is 2.84 bits per heavy atom. The van der Waals surface area contributed by atoms with Gasteiger partial charge in [0.1, 0.15) is 5.75 Å². The summed E-state index contributed by atoms with van der Waals surface area (Å²) in [7, 11) is 1.62. The largest absolute Gasteiger partial charge is 0.496 e. The molecule has 1 fully saturated rings. The summed E-state index contributed by atoms with van der Waals surface area (Å²) >= 11 is 0. The summed E-state index contributed by atoms with van der Waals surface area (Å²) in [4.78, 5) is 2.20. The molecule has 1 aromatic rings. The van der Waals surface area contributed by atoms with Crippen LogP contribution in [-0.4, -0.2) is 36.5 Å². The SMILES string of the molecule is COc1cccc(N2CCCCC2CO)c1C(C)O. The molecular weight excluding hydrogens is 242 g/mol. The third kappa shape index (κ3) is 2.85. The maximum Gasteiger partial charge on any atom is 0.126 e. The third-order valence-corrected chi connectivity index (χ3v) is 3.83. The van der Waals surface area contributed by atoms with E-state index in [0.29, 0.717) is 5.75 Å². The van der Waals surface area contributed by atoms with E-state index < -0.39 is 6.10 Å². The molecule has 0 aliphatic carbocycles. The van der Waals surface area contributed by atoms with Gasteiger partial charge in [0, 0.05) is 17.8 Å². The van der Waals surface area contributed by atoms with E-state index in [1.807, 2.05) is 18.2 Å². The van der Waals surface area contributed by atoms with Gasteiger partial charge in [0.2, 0.25) is 0 Å². The lowest BCUT2D eigenvalue weighted by Crippen LogP contribution is -2.42. The Morgan fingerprint density at radius 1 is 1.42 bits per heavy atom. The molecule has 2 atom stereocenters. The molecule has 1 aromatic carbocycles. The Hall–Kier alpha value is -1.26. The molecule has 0 bridgehead atoms. The molecule has 1 aliphatic rings. The van der Waals surface area contributed by atoms with Crippen molar-refractivity contribution in [2.24, 2.45) is 0 Å². The summed E-state index contributed by atoms with van der Waals surface area (Å²) in [5.74, 6) is 0.703. The van der Waals surface area contributed by atoms with Crippen LogP contribution in [0.25, 0.3) is 0 Å². The second-order valence-electron chi connectivity index (χ2n) is 5.09. The maximum absolute atomic E-state index is 10.0. The lowest BCUT2D eigenvalue weighted by atomic mass is 9.98. The molecule has 0 radical (unpaired) electrons. The minimum atomic E-state index is -0.590. The molecule has 0 saturated carbocycles. The average molecular weight is 265 g/mol. The molecule has 1 aliphatic heterocycles. The van der Waals surface area contributed by atoms with Crippen LogP contribution in [0.4, 0.5) is 5.69 Å². The first-order chi connectivity index (χ1) is 9.19. The summed E-state index contributed by atoms with van der Waals surface area (Å²) in [6.07, 6.45) is 2.67. The molecule has 19 heavy (non-hydrogen) atoms. The predicted molar refractivity (Wildman–Crippen MR) is 75.7 cm³/mol. The van der Waals surface area contributed by atoms with E-state index in [4.69, 9.17) is 4.74 Å². The molecule has 1 heterocycles. The summed E-state index contributed by atoms with van der Waals surface area (Å²) in [5.41, 5.74) is 1.79. The van der Waals surface area contributed by atoms with Crippen molar-refractivity contribution in [1.82, 2.24) is 0 Å². The van der Waals surface area contributed by atoms with Gasteiger partial charge in [0.25, 0.3) is 0 Å². The van der Waals surface area contributed by atoms with Crippen molar-refractivity contribution in [3.05, 3.63) is 23.8 Å². The van der Waals surface area contributed by atoms with Crippen LogP contribution in [0, 0.1) is 0 Å². The molecular formula is C15H23NO3. The van der Waals surface area contributed by atoms with E-state index in [1.165, 1.54) is 0 Å². The van der Waals surface area contributed by atoms with E-state index in [2.05, 4.69) is 4.90 Å². The van der Waals surface area contributed by atoms with Crippen LogP contribution in [0.15, 0.2) is 18.2 Å². The molecule has 106 valence electrons. The fourth-order valence-electron chi connectivity index (χ4n) is 2.89. The van der Waals surface area contributed by atoms with E-state index in [-0.39, 0.29) is 12.6 Å². The molecule has 0 aromatic heterocycles. The van der Waals surface area contributed by atoms with Gasteiger partial charge in [0.05, 0.1) is 25.9 Å². The fourth-order valence-corrected chi connectivity index (χ4v) is 2.89. The minimum absolute atomic E-state index is 0.137. The number of ether oxygens (including phenoxy) is 1. The lowest BCUT2D eigenvalue weighted by molar-refractivity contribution is 0.193. The van der Waals surface area contributed by atoms with Crippen LogP contribution in [0.2, 0.25) is 0 Å². The number of piperidine rings is 1. The second-order valence-corrected chi connectivity index (χ2v) is 5.09. The van der Waals surface area contributed by atoms with Crippen molar-refractivity contribution >= 4 is 5.69 Å². The number of anilines is 1. The zero-order valence-corrected chi connectivity index (χ0v) is 11.7. The predicted octanol–water partition coefficient (Wildman–Crippen LogP) is 2.10. The van der Waals surface area contributed by atoms with E-state index in [0.717, 1.165) is 37.1 Å². The third-order valence-electron chi connectivity index (χ3n) is 3.83. The standard InChI is InChI=1S/C15H23NO3/c1-11(18)15-13(7-5-8-14(15)19-2)16-9-4-3-6-12(16)10-17/h5,7-8,11-12,17-18H,3-4,6,9-10H2,1-2H3. The number of methoxy groups -OCH3 is 1. The van der Waals surface area contributed by atoms with Gasteiger partial charge >= 0.3 is 0 Å². The van der Waals surface area contributed by atoms with Gasteiger partial charge in [-0.25, -0.2) is 0 Å². The highest BCUT2D eigenvalue weighted by Gasteiger charge is 2.26. The number of nitrogens with zero attached hydrogens (tertiary/aromatic N) is 1. The average Bonchev–Trinajstić information content (AvgIpc) is 2.46. The first kappa shape index (κ1) is 14.2. The van der Waals surface area contributed by atoms with E-state index in [9.17, 15) is 10.2 Å². The van der Waals surface area contributed by atoms with Crippen molar-refractivity contribution < 1.29 is 14.9 Å². The molecule has 0 spiro atoms. The van der Waals surface area contributed by atoms with Gasteiger partial charge in [-0.3, -0.25) is 0 Å². The fraction of sp³-hybridized carbons (Fsp3) is 0.600. The van der Waals surface area contributed by atoms with Crippen molar-refractivity contribution in [3.63, 3.8) is 0 Å². The smallest absolute Gasteiger partial charge is 0.126 e. The van der Waals surface area contributed by atoms with Crippen LogP contribution in [0.5, 0.6) is 5.75 Å². The van der Waals surface area contributed by atoms with Gasteiger partial charge in [0.15, 0.2) is 0 Å². The summed E-state index contributed by atoms with van der Waals surface area (Å²) < 4.78 is 5.36. The van der Waals surface area contributed by atoms with Crippen molar-refractivity contribution in [1.29, 1.82) is 0 Å². The van der Waals surface area contributed by atoms with Crippen LogP contribution in [-0.2, 0) is 0 Å². The Bertz CT molecular complexity index is 420. The summed E-state index contributed by atoms with van der Waals surface area (Å²) in [5, 5.41) is 19.6. The maximum atomic E-state index is 10.0. The Morgan fingerprint density at radius 2 is 2.21 bits per heavy atom. The van der Waals surface area contributed by atoms with Crippen molar-refractivity contribution in [2.75, 3.05) is 25.2 Å². The van der Waals surface area contributed by atoms with Crippen LogP contribution >= 0.6 is 0 Å². The first-order valence-corrected chi connectivity index (χ1v) is 6.91. The molecule has 1 saturated heterocycles. The number of rotatable bonds is 4. The van der Waals surface area contributed by atoms with Gasteiger partial charge in [-0.1, -0.05) is 6.07 Å². The molecule has 4 heteroatoms. The number of aliphatic hydroxyl groups excluding tert-OH is 2. The number of aliphatic hydroxyl groups is 2. The first-order valence-electron chi connectivity index (χ1n) is 6.91. The topological polar surface area (TPSA) is 52.9 Å². The van der Waals surface area contributed by atoms with E-state index >= 15 is 0 Å². The minimum Gasteiger partial charge on any atom is -0.496 e. The van der Waals surface area contributed by atoms with Crippen LogP contribution in [0.1, 0.15) is 37.9 Å². The molecule has 0 amide bonds. The molecule has 2 rings (SSSR count). The van der Waals surface area contributed by atoms with Crippen molar-refractivity contribution in [3.8, 4) is 5.75 Å². The zero-order valence-electron chi connectivity index (χ0n) is 11.7. The van der Waals surface area contributed by atoms with Gasteiger partial charge in [-0.2, -0.15) is 0 Å². The van der Waals surface area contributed by atoms with Crippen LogP contribution < -0.4 is 9.64 Å². The molecule has 2 unspecified atom stereocenters. The Kier molecular flexibility index (Phi) is 4.66. The van der Waals surface area contributed by atoms with Gasteiger partial charge in [-0.05, 0) is 38.3 Å². The number of benzene rings is 1. The van der Waals surface area contributed by atoms with E-state index in [1.54, 1.807) is 14.0 Å². The normalized spacial score (nSPS) is 21.3. The summed E-state index contributed by atoms with van der Waals surface area (Å²) in [6, 6.07) is 5.93. The quantitative estimate of drug-likeness (QED) is 0.875. The Labute approximate surface area is 114 Å². The lowest BCUT2D eigenvalue weighted by Gasteiger charge is -2.38. The highest BCUT2D eigenvalue weighted by Crippen LogP contribution is 2.37. The highest BCUT2D eigenvalue weighted by atomic mass is 16.5. The Balaban J connectivity index is 2.42. The van der Waals surface area contributed by atoms with Gasteiger partial charge in [-0.15, -0.1) is 0 Å². The highest BCUT2D eigenvalue weighted by molar-refractivity contribution is 5.61. The summed E-state index contributed by atoms with van der Waals surface area (Å²) in [6.45, 7) is 2.81. The number of hydrogen-bond acceptors (Lipinski definition) is 4.